The summed E-state index contributed by atoms with van der Waals surface area (Å²) in [4.78, 5) is 18.8. The van der Waals surface area contributed by atoms with Crippen molar-refractivity contribution in [3.63, 3.8) is 0 Å². The summed E-state index contributed by atoms with van der Waals surface area (Å²) < 4.78 is 16.8. The fourth-order valence-corrected chi connectivity index (χ4v) is 3.88. The lowest BCUT2D eigenvalue weighted by Crippen LogP contribution is -2.44. The maximum absolute atomic E-state index is 12.3. The van der Waals surface area contributed by atoms with Crippen molar-refractivity contribution >= 4 is 12.1 Å². The Bertz CT molecular complexity index is 544. The van der Waals surface area contributed by atoms with Gasteiger partial charge in [-0.15, -0.1) is 0 Å². The van der Waals surface area contributed by atoms with E-state index in [1.54, 1.807) is 0 Å². The summed E-state index contributed by atoms with van der Waals surface area (Å²) in [6, 6.07) is 0. The molecule has 2 aliphatic rings. The number of carbonyl (C=O) groups excluding carboxylic acids is 1. The minimum Gasteiger partial charge on any atom is -0.444 e. The van der Waals surface area contributed by atoms with E-state index in [-0.39, 0.29) is 12.2 Å². The van der Waals surface area contributed by atoms with Gasteiger partial charge in [-0.3, -0.25) is 4.99 Å². The van der Waals surface area contributed by atoms with Crippen LogP contribution in [-0.4, -0.2) is 81.2 Å². The number of carbonyl (C=O) groups is 1. The van der Waals surface area contributed by atoms with Crippen LogP contribution in [0.2, 0.25) is 0 Å². The number of hydrogen-bond acceptors (Lipinski definition) is 5. The number of ether oxygens (including phenoxy) is 3. The summed E-state index contributed by atoms with van der Waals surface area (Å²) in [5.74, 6) is 1.34. The molecule has 0 bridgehead atoms. The molecule has 1 amide bonds. The molecule has 8 nitrogen and oxygen atoms in total. The molecule has 2 atom stereocenters. The molecule has 8 heteroatoms. The number of likely N-dealkylation sites (tertiary alicyclic amines) is 1. The van der Waals surface area contributed by atoms with Gasteiger partial charge in [-0.05, 0) is 72.1 Å². The first-order chi connectivity index (χ1) is 14.9. The van der Waals surface area contributed by atoms with Crippen LogP contribution in [0.3, 0.4) is 0 Å². The van der Waals surface area contributed by atoms with Gasteiger partial charge in [0, 0.05) is 45.9 Å². The van der Waals surface area contributed by atoms with Crippen molar-refractivity contribution in [3.05, 3.63) is 0 Å². The van der Waals surface area contributed by atoms with Gasteiger partial charge in [0.25, 0.3) is 0 Å². The van der Waals surface area contributed by atoms with E-state index in [4.69, 9.17) is 14.2 Å². The van der Waals surface area contributed by atoms with Crippen molar-refractivity contribution in [2.75, 3.05) is 52.5 Å². The Kier molecular flexibility index (Phi) is 11.4. The van der Waals surface area contributed by atoms with Crippen LogP contribution in [-0.2, 0) is 14.2 Å². The van der Waals surface area contributed by atoms with Gasteiger partial charge in [0.1, 0.15) is 5.60 Å². The van der Waals surface area contributed by atoms with E-state index < -0.39 is 5.60 Å². The van der Waals surface area contributed by atoms with Crippen molar-refractivity contribution in [1.82, 2.24) is 15.5 Å². The summed E-state index contributed by atoms with van der Waals surface area (Å²) in [6.45, 7) is 14.1. The van der Waals surface area contributed by atoms with Crippen LogP contribution in [0.1, 0.15) is 66.2 Å². The topological polar surface area (TPSA) is 84.4 Å². The van der Waals surface area contributed by atoms with E-state index in [1.165, 1.54) is 0 Å². The molecular formula is C23H44N4O4. The highest BCUT2D eigenvalue weighted by molar-refractivity contribution is 5.79. The van der Waals surface area contributed by atoms with E-state index in [1.807, 2.05) is 25.7 Å². The quantitative estimate of drug-likeness (QED) is 0.308. The van der Waals surface area contributed by atoms with Crippen molar-refractivity contribution in [1.29, 1.82) is 0 Å². The average molecular weight is 441 g/mol. The lowest BCUT2D eigenvalue weighted by molar-refractivity contribution is 0.0162. The number of nitrogens with zero attached hydrogens (tertiary/aromatic N) is 2. The molecule has 2 heterocycles. The number of amides is 1. The fraction of sp³-hybridized carbons (Fsp3) is 0.913. The number of hydrogen-bond donors (Lipinski definition) is 2. The predicted molar refractivity (Wildman–Crippen MR) is 124 cm³/mol. The Balaban J connectivity index is 1.62. The lowest BCUT2D eigenvalue weighted by Gasteiger charge is -2.34. The third kappa shape index (κ3) is 11.1. The molecule has 0 aliphatic carbocycles. The average Bonchev–Trinajstić information content (AvgIpc) is 3.23. The van der Waals surface area contributed by atoms with Crippen LogP contribution in [0.15, 0.2) is 4.99 Å². The first kappa shape index (κ1) is 25.7. The highest BCUT2D eigenvalue weighted by Crippen LogP contribution is 2.21. The smallest absolute Gasteiger partial charge is 0.410 e. The Hall–Kier alpha value is -1.54. The molecule has 2 saturated heterocycles. The van der Waals surface area contributed by atoms with E-state index >= 15 is 0 Å². The van der Waals surface area contributed by atoms with Crippen molar-refractivity contribution < 1.29 is 19.0 Å². The zero-order valence-corrected chi connectivity index (χ0v) is 20.1. The maximum atomic E-state index is 12.3. The summed E-state index contributed by atoms with van der Waals surface area (Å²) in [6.07, 6.45) is 6.44. The van der Waals surface area contributed by atoms with E-state index in [2.05, 4.69) is 22.5 Å². The molecule has 0 saturated carbocycles. The highest BCUT2D eigenvalue weighted by atomic mass is 16.6. The van der Waals surface area contributed by atoms with Crippen LogP contribution < -0.4 is 10.6 Å². The summed E-state index contributed by atoms with van der Waals surface area (Å²) in [5, 5.41) is 6.73. The number of piperidine rings is 1. The molecule has 2 fully saturated rings. The van der Waals surface area contributed by atoms with Crippen LogP contribution in [0.5, 0.6) is 0 Å². The Morgan fingerprint density at radius 1 is 1.23 bits per heavy atom. The largest absolute Gasteiger partial charge is 0.444 e. The lowest BCUT2D eigenvalue weighted by atomic mass is 9.95. The van der Waals surface area contributed by atoms with E-state index in [0.29, 0.717) is 19.1 Å². The Labute approximate surface area is 188 Å². The second-order valence-corrected chi connectivity index (χ2v) is 9.47. The van der Waals surface area contributed by atoms with Gasteiger partial charge >= 0.3 is 6.09 Å². The molecule has 0 radical (unpaired) electrons. The summed E-state index contributed by atoms with van der Waals surface area (Å²) in [5.41, 5.74) is -0.446. The molecule has 0 aromatic rings. The monoisotopic (exact) mass is 440 g/mol. The molecule has 0 aromatic heterocycles. The minimum absolute atomic E-state index is 0.193. The number of aliphatic imine (C=N–C) groups is 1. The Morgan fingerprint density at radius 2 is 2.06 bits per heavy atom. The highest BCUT2D eigenvalue weighted by Gasteiger charge is 2.27. The van der Waals surface area contributed by atoms with Crippen LogP contribution >= 0.6 is 0 Å². The molecule has 180 valence electrons. The second kappa shape index (κ2) is 13.8. The number of rotatable bonds is 10. The molecule has 2 unspecified atom stereocenters. The third-order valence-electron chi connectivity index (χ3n) is 5.40. The summed E-state index contributed by atoms with van der Waals surface area (Å²) >= 11 is 0. The van der Waals surface area contributed by atoms with Gasteiger partial charge in [0.15, 0.2) is 5.96 Å². The number of nitrogens with one attached hydrogen (secondary N) is 2. The minimum atomic E-state index is -0.446. The van der Waals surface area contributed by atoms with Crippen molar-refractivity contribution in [3.8, 4) is 0 Å². The second-order valence-electron chi connectivity index (χ2n) is 9.47. The van der Waals surface area contributed by atoms with E-state index in [9.17, 15) is 4.79 Å². The molecule has 31 heavy (non-hydrogen) atoms. The zero-order valence-electron chi connectivity index (χ0n) is 20.1. The van der Waals surface area contributed by atoms with E-state index in [0.717, 1.165) is 83.8 Å². The van der Waals surface area contributed by atoms with Gasteiger partial charge in [-0.2, -0.15) is 0 Å². The molecule has 2 aliphatic heterocycles. The Morgan fingerprint density at radius 3 is 2.77 bits per heavy atom. The van der Waals surface area contributed by atoms with Crippen LogP contribution in [0.4, 0.5) is 4.79 Å². The first-order valence-corrected chi connectivity index (χ1v) is 12.1. The molecule has 0 spiro atoms. The standard InChI is InChI=1S/C23H44N4O4/c1-5-24-21(25-12-8-15-29-18-20-10-7-16-30-20)26-13-11-19-9-6-14-27(17-19)22(28)31-23(2,3)4/h19-20H,5-18H2,1-4H3,(H2,24,25,26). The van der Waals surface area contributed by atoms with Gasteiger partial charge in [0.05, 0.1) is 12.7 Å². The normalized spacial score (nSPS) is 22.5. The number of guanidine groups is 1. The molecule has 2 rings (SSSR count). The maximum Gasteiger partial charge on any atom is 0.410 e. The van der Waals surface area contributed by atoms with Crippen LogP contribution in [0, 0.1) is 5.92 Å². The molecule has 0 aromatic carbocycles. The van der Waals surface area contributed by atoms with Gasteiger partial charge < -0.3 is 29.7 Å². The van der Waals surface area contributed by atoms with Crippen LogP contribution in [0.25, 0.3) is 0 Å². The van der Waals surface area contributed by atoms with Crippen molar-refractivity contribution in [2.24, 2.45) is 10.9 Å². The SMILES string of the molecule is CCNC(=NCCCOCC1CCCO1)NCCC1CCCN(C(=O)OC(C)(C)C)C1. The van der Waals surface area contributed by atoms with Gasteiger partial charge in [0.2, 0.25) is 0 Å². The van der Waals surface area contributed by atoms with Crippen molar-refractivity contribution in [2.45, 2.75) is 77.9 Å². The molecule has 2 N–H and O–H groups in total. The first-order valence-electron chi connectivity index (χ1n) is 12.1. The predicted octanol–water partition coefficient (Wildman–Crippen LogP) is 3.16. The molecular weight excluding hydrogens is 396 g/mol. The summed E-state index contributed by atoms with van der Waals surface area (Å²) in [7, 11) is 0. The zero-order chi connectivity index (χ0) is 22.5. The van der Waals surface area contributed by atoms with Gasteiger partial charge in [-0.25, -0.2) is 4.79 Å². The third-order valence-corrected chi connectivity index (χ3v) is 5.40. The fourth-order valence-electron chi connectivity index (χ4n) is 3.88. The van der Waals surface area contributed by atoms with Gasteiger partial charge in [-0.1, -0.05) is 0 Å².